The molecule has 2 aromatic rings. The Bertz CT molecular complexity index is 720. The van der Waals surface area contributed by atoms with Crippen LogP contribution in [0.25, 0.3) is 10.9 Å². The highest BCUT2D eigenvalue weighted by atomic mass is 16.1. The molecular formula is C20H27N3O. The van der Waals surface area contributed by atoms with Crippen LogP contribution < -0.4 is 5.32 Å². The Kier molecular flexibility index (Phi) is 5.14. The number of fused-ring (bicyclic) bond motifs is 1. The van der Waals surface area contributed by atoms with Gasteiger partial charge < -0.3 is 5.32 Å². The number of likely N-dealkylation sites (tertiary alicyclic amines) is 1. The normalized spacial score (nSPS) is 17.8. The van der Waals surface area contributed by atoms with Crippen LogP contribution in [0.15, 0.2) is 30.3 Å². The number of nitrogens with zero attached hydrogens (tertiary/aromatic N) is 2. The van der Waals surface area contributed by atoms with Gasteiger partial charge in [0.2, 0.25) is 5.91 Å². The van der Waals surface area contributed by atoms with Crippen molar-refractivity contribution in [3.63, 3.8) is 0 Å². The molecule has 1 aliphatic heterocycles. The Hall–Kier alpha value is -1.94. The quantitative estimate of drug-likeness (QED) is 0.938. The maximum atomic E-state index is 11.2. The highest BCUT2D eigenvalue weighted by molar-refractivity contribution is 5.79. The number of carbonyl (C=O) groups is 1. The third-order valence-electron chi connectivity index (χ3n) is 5.07. The molecule has 1 aromatic carbocycles. The summed E-state index contributed by atoms with van der Waals surface area (Å²) in [7, 11) is 0. The molecule has 0 spiro atoms. The lowest BCUT2D eigenvalue weighted by atomic mass is 9.90. The summed E-state index contributed by atoms with van der Waals surface area (Å²) in [5, 5.41) is 4.25. The molecular weight excluding hydrogens is 298 g/mol. The van der Waals surface area contributed by atoms with Gasteiger partial charge in [-0.2, -0.15) is 0 Å². The van der Waals surface area contributed by atoms with E-state index in [1.807, 2.05) is 6.92 Å². The number of pyridine rings is 1. The summed E-state index contributed by atoms with van der Waals surface area (Å²) in [6.45, 7) is 8.93. The SMILES string of the molecule is CC(=O)N[C@@H](C)C1CCN(Cc2ccc3nc(C)ccc3c2)CC1. The summed E-state index contributed by atoms with van der Waals surface area (Å²) in [5.41, 5.74) is 3.48. The number of hydrogen-bond donors (Lipinski definition) is 1. The van der Waals surface area contributed by atoms with Crippen LogP contribution in [0.4, 0.5) is 0 Å². The van der Waals surface area contributed by atoms with E-state index >= 15 is 0 Å². The van der Waals surface area contributed by atoms with Crippen molar-refractivity contribution >= 4 is 16.8 Å². The van der Waals surface area contributed by atoms with Crippen molar-refractivity contribution in [2.75, 3.05) is 13.1 Å². The number of amides is 1. The lowest BCUT2D eigenvalue weighted by molar-refractivity contribution is -0.120. The molecule has 0 bridgehead atoms. The van der Waals surface area contributed by atoms with Gasteiger partial charge in [-0.3, -0.25) is 14.7 Å². The van der Waals surface area contributed by atoms with Crippen molar-refractivity contribution in [1.29, 1.82) is 0 Å². The van der Waals surface area contributed by atoms with Crippen molar-refractivity contribution in [3.8, 4) is 0 Å². The second kappa shape index (κ2) is 7.31. The van der Waals surface area contributed by atoms with Crippen molar-refractivity contribution < 1.29 is 4.79 Å². The number of rotatable bonds is 4. The molecule has 128 valence electrons. The summed E-state index contributed by atoms with van der Waals surface area (Å²) >= 11 is 0. The number of carbonyl (C=O) groups excluding carboxylic acids is 1. The van der Waals surface area contributed by atoms with Gasteiger partial charge in [0.25, 0.3) is 0 Å². The van der Waals surface area contributed by atoms with Crippen LogP contribution in [0.3, 0.4) is 0 Å². The van der Waals surface area contributed by atoms with E-state index in [0.717, 1.165) is 43.7 Å². The van der Waals surface area contributed by atoms with Crippen molar-refractivity contribution in [2.45, 2.75) is 46.2 Å². The van der Waals surface area contributed by atoms with Gasteiger partial charge in [-0.25, -0.2) is 0 Å². The maximum Gasteiger partial charge on any atom is 0.217 e. The lowest BCUT2D eigenvalue weighted by Gasteiger charge is -2.35. The van der Waals surface area contributed by atoms with Crippen LogP contribution >= 0.6 is 0 Å². The number of hydrogen-bond acceptors (Lipinski definition) is 3. The predicted molar refractivity (Wildman–Crippen MR) is 97.8 cm³/mol. The van der Waals surface area contributed by atoms with Crippen LogP contribution in [-0.2, 0) is 11.3 Å². The third kappa shape index (κ3) is 4.12. The van der Waals surface area contributed by atoms with E-state index in [4.69, 9.17) is 0 Å². The fourth-order valence-corrected chi connectivity index (χ4v) is 3.68. The highest BCUT2D eigenvalue weighted by Crippen LogP contribution is 2.23. The van der Waals surface area contributed by atoms with Crippen LogP contribution in [0.2, 0.25) is 0 Å². The highest BCUT2D eigenvalue weighted by Gasteiger charge is 2.24. The Morgan fingerprint density at radius 2 is 2.04 bits per heavy atom. The molecule has 1 saturated heterocycles. The number of aromatic nitrogens is 1. The molecule has 4 heteroatoms. The molecule has 1 fully saturated rings. The molecule has 0 unspecified atom stereocenters. The van der Waals surface area contributed by atoms with Gasteiger partial charge in [0.1, 0.15) is 0 Å². The molecule has 2 heterocycles. The zero-order valence-electron chi connectivity index (χ0n) is 14.9. The zero-order valence-corrected chi connectivity index (χ0v) is 14.9. The average Bonchev–Trinajstić information content (AvgIpc) is 2.55. The van der Waals surface area contributed by atoms with Crippen molar-refractivity contribution in [1.82, 2.24) is 15.2 Å². The van der Waals surface area contributed by atoms with E-state index < -0.39 is 0 Å². The minimum Gasteiger partial charge on any atom is -0.354 e. The van der Waals surface area contributed by atoms with Gasteiger partial charge in [0.15, 0.2) is 0 Å². The first-order valence-corrected chi connectivity index (χ1v) is 8.87. The van der Waals surface area contributed by atoms with Gasteiger partial charge in [-0.05, 0) is 69.5 Å². The Balaban J connectivity index is 1.58. The molecule has 1 N–H and O–H groups in total. The fraction of sp³-hybridized carbons (Fsp3) is 0.500. The van der Waals surface area contributed by atoms with Crippen LogP contribution in [0.1, 0.15) is 37.9 Å². The zero-order chi connectivity index (χ0) is 17.1. The first kappa shape index (κ1) is 16.9. The van der Waals surface area contributed by atoms with Gasteiger partial charge in [-0.1, -0.05) is 12.1 Å². The van der Waals surface area contributed by atoms with E-state index in [2.05, 4.69) is 52.5 Å². The fourth-order valence-electron chi connectivity index (χ4n) is 3.68. The van der Waals surface area contributed by atoms with Gasteiger partial charge in [-0.15, -0.1) is 0 Å². The molecule has 0 aliphatic carbocycles. The summed E-state index contributed by atoms with van der Waals surface area (Å²) in [5.74, 6) is 0.666. The van der Waals surface area contributed by atoms with E-state index in [0.29, 0.717) is 5.92 Å². The minimum atomic E-state index is 0.0740. The monoisotopic (exact) mass is 325 g/mol. The van der Waals surface area contributed by atoms with Gasteiger partial charge in [0.05, 0.1) is 5.52 Å². The average molecular weight is 325 g/mol. The van der Waals surface area contributed by atoms with Crippen LogP contribution in [0, 0.1) is 12.8 Å². The summed E-state index contributed by atoms with van der Waals surface area (Å²) in [6.07, 6.45) is 2.30. The summed E-state index contributed by atoms with van der Waals surface area (Å²) in [6, 6.07) is 11.1. The predicted octanol–water partition coefficient (Wildman–Crippen LogP) is 3.28. The number of aryl methyl sites for hydroxylation is 1. The number of nitrogens with one attached hydrogen (secondary N) is 1. The standard InChI is InChI=1S/C20H27N3O/c1-14-4-6-19-12-17(5-7-20(19)21-14)13-23-10-8-18(9-11-23)15(2)22-16(3)24/h4-7,12,15,18H,8-11,13H2,1-3H3,(H,22,24)/t15-/m0/s1. The molecule has 0 saturated carbocycles. The minimum absolute atomic E-state index is 0.0740. The molecule has 1 atom stereocenters. The van der Waals surface area contributed by atoms with Crippen molar-refractivity contribution in [2.24, 2.45) is 5.92 Å². The maximum absolute atomic E-state index is 11.2. The van der Waals surface area contributed by atoms with E-state index in [1.165, 1.54) is 10.9 Å². The second-order valence-electron chi connectivity index (χ2n) is 7.08. The van der Waals surface area contributed by atoms with E-state index in [9.17, 15) is 4.79 Å². The van der Waals surface area contributed by atoms with Crippen molar-refractivity contribution in [3.05, 3.63) is 41.6 Å². The van der Waals surface area contributed by atoms with Gasteiger partial charge in [0, 0.05) is 30.6 Å². The third-order valence-corrected chi connectivity index (χ3v) is 5.07. The van der Waals surface area contributed by atoms with Crippen LogP contribution in [-0.4, -0.2) is 34.9 Å². The lowest BCUT2D eigenvalue weighted by Crippen LogP contribution is -2.43. The largest absolute Gasteiger partial charge is 0.354 e. The first-order valence-electron chi connectivity index (χ1n) is 8.87. The van der Waals surface area contributed by atoms with E-state index in [1.54, 1.807) is 6.92 Å². The summed E-state index contributed by atoms with van der Waals surface area (Å²) in [4.78, 5) is 18.3. The second-order valence-corrected chi connectivity index (χ2v) is 7.08. The Labute approximate surface area is 144 Å². The number of benzene rings is 1. The molecule has 1 aromatic heterocycles. The molecule has 1 aliphatic rings. The Morgan fingerprint density at radius 3 is 2.75 bits per heavy atom. The smallest absolute Gasteiger partial charge is 0.217 e. The van der Waals surface area contributed by atoms with E-state index in [-0.39, 0.29) is 11.9 Å². The van der Waals surface area contributed by atoms with Crippen LogP contribution in [0.5, 0.6) is 0 Å². The first-order chi connectivity index (χ1) is 11.5. The van der Waals surface area contributed by atoms with Gasteiger partial charge >= 0.3 is 0 Å². The molecule has 3 rings (SSSR count). The summed E-state index contributed by atoms with van der Waals surface area (Å²) < 4.78 is 0. The molecule has 4 nitrogen and oxygen atoms in total. The molecule has 24 heavy (non-hydrogen) atoms. The topological polar surface area (TPSA) is 45.2 Å². The number of piperidine rings is 1. The Morgan fingerprint density at radius 1 is 1.29 bits per heavy atom. The molecule has 1 amide bonds. The molecule has 0 radical (unpaired) electrons.